The molecule has 1 atom stereocenters. The van der Waals surface area contributed by atoms with Gasteiger partial charge in [0.15, 0.2) is 0 Å². The van der Waals surface area contributed by atoms with E-state index < -0.39 is 47.3 Å². The molecule has 0 saturated heterocycles. The summed E-state index contributed by atoms with van der Waals surface area (Å²) in [6.07, 6.45) is -1.40. The first-order valence-electron chi connectivity index (χ1n) is 5.84. The summed E-state index contributed by atoms with van der Waals surface area (Å²) in [5, 5.41) is 37.6. The zero-order valence-corrected chi connectivity index (χ0v) is 11.9. The molecule has 0 fully saturated rings. The van der Waals surface area contributed by atoms with E-state index >= 15 is 0 Å². The predicted molar refractivity (Wildman–Crippen MR) is 68.3 cm³/mol. The number of hydrogen-bond donors (Lipinski definition) is 5. The highest BCUT2D eigenvalue weighted by Crippen LogP contribution is 2.18. The van der Waals surface area contributed by atoms with Gasteiger partial charge in [-0.3, -0.25) is 9.45 Å². The molecule has 0 radical (unpaired) electrons. The Bertz CT molecular complexity index is 345. The van der Waals surface area contributed by atoms with Crippen LogP contribution in [-0.2, 0) is 10.1 Å². The van der Waals surface area contributed by atoms with E-state index in [1.165, 1.54) is 4.90 Å². The summed E-state index contributed by atoms with van der Waals surface area (Å²) >= 11 is 0. The molecule has 0 aliphatic carbocycles. The minimum absolute atomic E-state index is 0.223. The van der Waals surface area contributed by atoms with Gasteiger partial charge in [0.05, 0.1) is 31.5 Å². The fraction of sp³-hybridized carbons (Fsp3) is 1.00. The highest BCUT2D eigenvalue weighted by Gasteiger charge is 2.38. The summed E-state index contributed by atoms with van der Waals surface area (Å²) in [5.74, 6) is -0.853. The Balaban J connectivity index is 5.02. The Hall–Kier alpha value is -0.290. The third-order valence-electron chi connectivity index (χ3n) is 2.93. The molecule has 0 aliphatic rings. The lowest BCUT2D eigenvalue weighted by Crippen LogP contribution is -2.61. The summed E-state index contributed by atoms with van der Waals surface area (Å²) < 4.78 is 30.0. The lowest BCUT2D eigenvalue weighted by Gasteiger charge is -2.43. The smallest absolute Gasteiger partial charge is 0.267 e. The van der Waals surface area contributed by atoms with Crippen molar-refractivity contribution in [3.63, 3.8) is 0 Å². The van der Waals surface area contributed by atoms with Crippen molar-refractivity contribution in [3.8, 4) is 0 Å². The summed E-state index contributed by atoms with van der Waals surface area (Å²) in [6, 6.07) is -0.275. The van der Waals surface area contributed by atoms with Gasteiger partial charge in [-0.1, -0.05) is 0 Å². The van der Waals surface area contributed by atoms with Gasteiger partial charge < -0.3 is 20.4 Å². The number of nitrogens with zero attached hydrogens (tertiary/aromatic N) is 1. The number of β-amino-alcohol motifs (C(OH)–C–C–N with tert-alkyl or cyclic N) is 1. The maximum atomic E-state index is 10.7. The maximum absolute atomic E-state index is 10.7. The zero-order chi connectivity index (χ0) is 15.3. The van der Waals surface area contributed by atoms with Gasteiger partial charge in [-0.25, -0.2) is 0 Å². The Morgan fingerprint density at radius 2 is 1.53 bits per heavy atom. The first kappa shape index (κ1) is 18.7. The summed E-state index contributed by atoms with van der Waals surface area (Å²) in [4.78, 5) is 1.41. The molecular weight excluding hydrogens is 278 g/mol. The fourth-order valence-electron chi connectivity index (χ4n) is 1.90. The Morgan fingerprint density at radius 1 is 1.11 bits per heavy atom. The van der Waals surface area contributed by atoms with Gasteiger partial charge in [-0.05, 0) is 13.8 Å². The minimum atomic E-state index is -4.32. The van der Waals surface area contributed by atoms with Gasteiger partial charge in [0, 0.05) is 12.6 Å². The van der Waals surface area contributed by atoms with E-state index in [1.54, 1.807) is 13.8 Å². The molecule has 0 amide bonds. The van der Waals surface area contributed by atoms with E-state index in [-0.39, 0.29) is 12.6 Å². The second-order valence-electron chi connectivity index (χ2n) is 4.85. The molecule has 0 aliphatic heterocycles. The van der Waals surface area contributed by atoms with Crippen LogP contribution in [0.2, 0.25) is 0 Å². The van der Waals surface area contributed by atoms with Gasteiger partial charge >= 0.3 is 0 Å². The molecule has 0 saturated carbocycles. The number of hydrogen-bond acceptors (Lipinski definition) is 7. The molecule has 1 unspecified atom stereocenters. The summed E-state index contributed by atoms with van der Waals surface area (Å²) in [6.45, 7) is 1.51. The Labute approximate surface area is 113 Å². The Kier molecular flexibility index (Phi) is 7.37. The molecule has 0 aromatic rings. The minimum Gasteiger partial charge on any atom is -0.394 e. The van der Waals surface area contributed by atoms with Gasteiger partial charge in [0.25, 0.3) is 10.1 Å². The molecule has 0 spiro atoms. The number of aliphatic hydroxyl groups is 4. The lowest BCUT2D eigenvalue weighted by molar-refractivity contribution is -0.0754. The van der Waals surface area contributed by atoms with E-state index in [1.807, 2.05) is 0 Å². The van der Waals surface area contributed by atoms with Crippen molar-refractivity contribution in [1.29, 1.82) is 0 Å². The molecule has 5 N–H and O–H groups in total. The molecule has 116 valence electrons. The van der Waals surface area contributed by atoms with Crippen molar-refractivity contribution in [3.05, 3.63) is 0 Å². The average Bonchev–Trinajstić information content (AvgIpc) is 2.28. The van der Waals surface area contributed by atoms with Crippen LogP contribution in [0, 0.1) is 0 Å². The third-order valence-corrected chi connectivity index (χ3v) is 3.73. The van der Waals surface area contributed by atoms with E-state index in [0.717, 1.165) is 0 Å². The second kappa shape index (κ2) is 7.48. The average molecular weight is 301 g/mol. The highest BCUT2D eigenvalue weighted by molar-refractivity contribution is 7.85. The van der Waals surface area contributed by atoms with Crippen molar-refractivity contribution >= 4 is 10.1 Å². The van der Waals surface area contributed by atoms with Gasteiger partial charge in [0.1, 0.15) is 5.75 Å². The first-order chi connectivity index (χ1) is 8.61. The molecular formula is C10H23NO7S. The van der Waals surface area contributed by atoms with Crippen LogP contribution in [0.1, 0.15) is 13.8 Å². The first-order valence-corrected chi connectivity index (χ1v) is 7.45. The highest BCUT2D eigenvalue weighted by atomic mass is 32.2. The van der Waals surface area contributed by atoms with Crippen LogP contribution < -0.4 is 0 Å². The van der Waals surface area contributed by atoms with Crippen LogP contribution in [-0.4, -0.2) is 88.1 Å². The quantitative estimate of drug-likeness (QED) is 0.299. The summed E-state index contributed by atoms with van der Waals surface area (Å²) in [5.41, 5.74) is -1.37. The normalized spacial score (nSPS) is 15.2. The maximum Gasteiger partial charge on any atom is 0.267 e. The van der Waals surface area contributed by atoms with Crippen molar-refractivity contribution in [2.75, 3.05) is 32.1 Å². The largest absolute Gasteiger partial charge is 0.394 e. The fourth-order valence-corrected chi connectivity index (χ4v) is 2.49. The predicted octanol–water partition coefficient (Wildman–Crippen LogP) is -2.34. The molecule has 0 bridgehead atoms. The molecule has 0 aromatic carbocycles. The van der Waals surface area contributed by atoms with E-state index in [4.69, 9.17) is 4.55 Å². The monoisotopic (exact) mass is 301 g/mol. The second-order valence-corrected chi connectivity index (χ2v) is 6.34. The molecule has 0 rings (SSSR count). The number of aliphatic hydroxyl groups excluding tert-OH is 4. The lowest BCUT2D eigenvalue weighted by atomic mass is 9.98. The van der Waals surface area contributed by atoms with E-state index in [0.29, 0.717) is 0 Å². The van der Waals surface area contributed by atoms with Crippen LogP contribution in [0.4, 0.5) is 0 Å². The van der Waals surface area contributed by atoms with E-state index in [2.05, 4.69) is 0 Å². The van der Waals surface area contributed by atoms with E-state index in [9.17, 15) is 28.8 Å². The van der Waals surface area contributed by atoms with Gasteiger partial charge in [0.2, 0.25) is 0 Å². The molecule has 19 heavy (non-hydrogen) atoms. The van der Waals surface area contributed by atoms with Crippen LogP contribution in [0.15, 0.2) is 0 Å². The van der Waals surface area contributed by atoms with Crippen LogP contribution in [0.25, 0.3) is 0 Å². The number of rotatable bonds is 9. The SMILES string of the molecule is CC(C)N(CC(O)CS(=O)(=O)O)C(CO)(CO)CO. The van der Waals surface area contributed by atoms with Gasteiger partial charge in [-0.15, -0.1) is 0 Å². The van der Waals surface area contributed by atoms with Crippen LogP contribution in [0.3, 0.4) is 0 Å². The third kappa shape index (κ3) is 5.69. The van der Waals surface area contributed by atoms with Crippen LogP contribution >= 0.6 is 0 Å². The molecule has 0 heterocycles. The molecule has 9 heteroatoms. The molecule has 0 aromatic heterocycles. The van der Waals surface area contributed by atoms with Crippen molar-refractivity contribution in [2.24, 2.45) is 0 Å². The topological polar surface area (TPSA) is 139 Å². The van der Waals surface area contributed by atoms with Gasteiger partial charge in [-0.2, -0.15) is 8.42 Å². The van der Waals surface area contributed by atoms with Crippen LogP contribution in [0.5, 0.6) is 0 Å². The van der Waals surface area contributed by atoms with Crippen molar-refractivity contribution in [2.45, 2.75) is 31.5 Å². The van der Waals surface area contributed by atoms with Crippen molar-refractivity contribution in [1.82, 2.24) is 4.90 Å². The molecule has 8 nitrogen and oxygen atoms in total. The standard InChI is InChI=1S/C10H23NO7S/c1-8(2)11(10(5-12,6-13)7-14)3-9(15)4-19(16,17)18/h8-9,12-15H,3-7H2,1-2H3,(H,16,17,18). The Morgan fingerprint density at radius 3 is 1.79 bits per heavy atom. The summed E-state index contributed by atoms with van der Waals surface area (Å²) in [7, 11) is -4.32. The zero-order valence-electron chi connectivity index (χ0n) is 11.1. The van der Waals surface area contributed by atoms with Crippen molar-refractivity contribution < 1.29 is 33.4 Å².